The van der Waals surface area contributed by atoms with Crippen LogP contribution in [0.5, 0.6) is 0 Å². The van der Waals surface area contributed by atoms with Crippen molar-refractivity contribution in [2.45, 2.75) is 0 Å². The highest BCUT2D eigenvalue weighted by Crippen LogP contribution is 2.26. The van der Waals surface area contributed by atoms with E-state index in [0.29, 0.717) is 0 Å². The lowest BCUT2D eigenvalue weighted by molar-refractivity contribution is 1.57. The minimum atomic E-state index is 1.08. The van der Waals surface area contributed by atoms with E-state index in [0.717, 1.165) is 10.0 Å². The van der Waals surface area contributed by atoms with E-state index in [1.54, 1.807) is 0 Å². The molecule has 0 saturated heterocycles. The van der Waals surface area contributed by atoms with Gasteiger partial charge in [0.25, 0.3) is 0 Å². The molecule has 0 bridgehead atoms. The van der Waals surface area contributed by atoms with Gasteiger partial charge in [-0.25, -0.2) is 0 Å². The number of halogens is 1. The molecule has 3 aromatic rings. The van der Waals surface area contributed by atoms with E-state index in [-0.39, 0.29) is 0 Å². The maximum Gasteiger partial charge on any atom is 0.0181 e. The summed E-state index contributed by atoms with van der Waals surface area (Å²) >= 11 is 3.49. The number of benzene rings is 3. The van der Waals surface area contributed by atoms with E-state index in [1.165, 1.54) is 16.7 Å². The standard InChI is InChI=1S/C18H12Br/c19-18-8-4-7-17(13-18)16-11-9-15(10-12-16)14-5-2-1-3-6-14/h1-6,8-13H. The second kappa shape index (κ2) is 5.41. The number of hydrogen-bond donors (Lipinski definition) is 0. The largest absolute Gasteiger partial charge is 0.0622 e. The van der Waals surface area contributed by atoms with Crippen LogP contribution in [0.4, 0.5) is 0 Å². The van der Waals surface area contributed by atoms with Crippen molar-refractivity contribution in [2.24, 2.45) is 0 Å². The third-order valence-electron chi connectivity index (χ3n) is 3.07. The first-order valence-corrected chi connectivity index (χ1v) is 6.95. The Bertz CT molecular complexity index is 670. The highest BCUT2D eigenvalue weighted by atomic mass is 79.9. The molecule has 0 aliphatic heterocycles. The van der Waals surface area contributed by atoms with Crippen LogP contribution in [0.3, 0.4) is 0 Å². The minimum absolute atomic E-state index is 1.08. The van der Waals surface area contributed by atoms with Crippen LogP contribution in [0, 0.1) is 6.07 Å². The second-order valence-electron chi connectivity index (χ2n) is 4.36. The van der Waals surface area contributed by atoms with Gasteiger partial charge in [-0.05, 0) is 40.5 Å². The topological polar surface area (TPSA) is 0 Å². The first kappa shape index (κ1) is 12.2. The van der Waals surface area contributed by atoms with Crippen LogP contribution in [0.1, 0.15) is 0 Å². The lowest BCUT2D eigenvalue weighted by atomic mass is 10.0. The summed E-state index contributed by atoms with van der Waals surface area (Å²) in [6, 6.07) is 28.3. The van der Waals surface area contributed by atoms with E-state index in [1.807, 2.05) is 18.2 Å². The van der Waals surface area contributed by atoms with Crippen molar-refractivity contribution >= 4 is 15.9 Å². The Morgan fingerprint density at radius 3 is 2.00 bits per heavy atom. The van der Waals surface area contributed by atoms with Crippen molar-refractivity contribution in [1.29, 1.82) is 0 Å². The molecule has 0 aliphatic carbocycles. The summed E-state index contributed by atoms with van der Waals surface area (Å²) in [4.78, 5) is 0. The van der Waals surface area contributed by atoms with Crippen molar-refractivity contribution in [3.8, 4) is 22.3 Å². The maximum atomic E-state index is 3.49. The number of rotatable bonds is 2. The fourth-order valence-corrected chi connectivity index (χ4v) is 2.44. The van der Waals surface area contributed by atoms with Gasteiger partial charge in [-0.15, -0.1) is 0 Å². The molecule has 0 aromatic heterocycles. The normalized spacial score (nSPS) is 10.4. The summed E-state index contributed by atoms with van der Waals surface area (Å²) in [5, 5.41) is 0. The first-order chi connectivity index (χ1) is 9.33. The SMILES string of the molecule is Brc1cc[c]c(-c2ccc(-c3ccccc3)cc2)c1. The summed E-state index contributed by atoms with van der Waals surface area (Å²) in [5.74, 6) is 0. The molecule has 0 saturated carbocycles. The van der Waals surface area contributed by atoms with Gasteiger partial charge in [-0.2, -0.15) is 0 Å². The minimum Gasteiger partial charge on any atom is -0.0622 e. The van der Waals surface area contributed by atoms with Crippen molar-refractivity contribution < 1.29 is 0 Å². The van der Waals surface area contributed by atoms with Crippen molar-refractivity contribution in [3.63, 3.8) is 0 Å². The van der Waals surface area contributed by atoms with Gasteiger partial charge in [0.1, 0.15) is 0 Å². The summed E-state index contributed by atoms with van der Waals surface area (Å²) in [6.07, 6.45) is 0. The molecule has 0 atom stereocenters. The van der Waals surface area contributed by atoms with Crippen LogP contribution in [0.15, 0.2) is 77.3 Å². The average molecular weight is 308 g/mol. The molecular formula is C18H12Br. The average Bonchev–Trinajstić information content (AvgIpc) is 2.48. The molecule has 19 heavy (non-hydrogen) atoms. The molecule has 1 radical (unpaired) electrons. The highest BCUT2D eigenvalue weighted by Gasteiger charge is 2.00. The molecular weight excluding hydrogens is 296 g/mol. The zero-order chi connectivity index (χ0) is 13.1. The highest BCUT2D eigenvalue weighted by molar-refractivity contribution is 9.10. The summed E-state index contributed by atoms with van der Waals surface area (Å²) < 4.78 is 1.08. The molecule has 3 aromatic carbocycles. The molecule has 0 unspecified atom stereocenters. The maximum absolute atomic E-state index is 3.49. The van der Waals surface area contributed by atoms with E-state index in [2.05, 4.69) is 76.6 Å². The lowest BCUT2D eigenvalue weighted by Crippen LogP contribution is -1.80. The molecule has 91 valence electrons. The monoisotopic (exact) mass is 307 g/mol. The third-order valence-corrected chi connectivity index (χ3v) is 3.56. The van der Waals surface area contributed by atoms with Crippen molar-refractivity contribution in [1.82, 2.24) is 0 Å². The van der Waals surface area contributed by atoms with Gasteiger partial charge in [0, 0.05) is 4.47 Å². The zero-order valence-electron chi connectivity index (χ0n) is 10.3. The molecule has 1 heteroatoms. The summed E-state index contributed by atoms with van der Waals surface area (Å²) in [5.41, 5.74) is 4.77. The molecule has 0 spiro atoms. The Balaban J connectivity index is 1.95. The van der Waals surface area contributed by atoms with E-state index < -0.39 is 0 Å². The fourth-order valence-electron chi connectivity index (χ4n) is 2.08. The van der Waals surface area contributed by atoms with Crippen LogP contribution < -0.4 is 0 Å². The quantitative estimate of drug-likeness (QED) is 0.579. The molecule has 0 aliphatic rings. The van der Waals surface area contributed by atoms with Gasteiger partial charge in [-0.1, -0.05) is 76.6 Å². The molecule has 0 N–H and O–H groups in total. The predicted molar refractivity (Wildman–Crippen MR) is 83.9 cm³/mol. The Morgan fingerprint density at radius 2 is 1.32 bits per heavy atom. The van der Waals surface area contributed by atoms with E-state index in [9.17, 15) is 0 Å². The Hall–Kier alpha value is -1.86. The zero-order valence-corrected chi connectivity index (χ0v) is 11.9. The van der Waals surface area contributed by atoms with Crippen LogP contribution in [-0.4, -0.2) is 0 Å². The van der Waals surface area contributed by atoms with Gasteiger partial charge in [0.15, 0.2) is 0 Å². The Labute approximate surface area is 121 Å². The smallest absolute Gasteiger partial charge is 0.0181 e. The molecule has 0 amide bonds. The van der Waals surface area contributed by atoms with Gasteiger partial charge in [0.05, 0.1) is 0 Å². The molecule has 0 heterocycles. The second-order valence-corrected chi connectivity index (χ2v) is 5.28. The molecule has 0 fully saturated rings. The molecule has 3 rings (SSSR count). The summed E-state index contributed by atoms with van der Waals surface area (Å²) in [6.45, 7) is 0. The number of hydrogen-bond acceptors (Lipinski definition) is 0. The fraction of sp³-hybridized carbons (Fsp3) is 0. The Kier molecular flexibility index (Phi) is 3.47. The van der Waals surface area contributed by atoms with Crippen molar-refractivity contribution in [3.05, 3.63) is 83.3 Å². The van der Waals surface area contributed by atoms with Gasteiger partial charge < -0.3 is 0 Å². The van der Waals surface area contributed by atoms with Gasteiger partial charge in [0.2, 0.25) is 0 Å². The van der Waals surface area contributed by atoms with Gasteiger partial charge >= 0.3 is 0 Å². The predicted octanol–water partition coefficient (Wildman–Crippen LogP) is 5.58. The van der Waals surface area contributed by atoms with Crippen molar-refractivity contribution in [2.75, 3.05) is 0 Å². The Morgan fingerprint density at radius 1 is 0.684 bits per heavy atom. The van der Waals surface area contributed by atoms with Crippen LogP contribution in [-0.2, 0) is 0 Å². The lowest BCUT2D eigenvalue weighted by Gasteiger charge is -2.05. The van der Waals surface area contributed by atoms with Crippen LogP contribution >= 0.6 is 15.9 Å². The van der Waals surface area contributed by atoms with E-state index in [4.69, 9.17) is 0 Å². The van der Waals surface area contributed by atoms with Crippen LogP contribution in [0.2, 0.25) is 0 Å². The molecule has 0 nitrogen and oxygen atoms in total. The van der Waals surface area contributed by atoms with Gasteiger partial charge in [-0.3, -0.25) is 0 Å². The third kappa shape index (κ3) is 2.77. The first-order valence-electron chi connectivity index (χ1n) is 6.16. The van der Waals surface area contributed by atoms with Crippen LogP contribution in [0.25, 0.3) is 22.3 Å². The van der Waals surface area contributed by atoms with E-state index >= 15 is 0 Å². The summed E-state index contributed by atoms with van der Waals surface area (Å²) in [7, 11) is 0.